The second-order valence-corrected chi connectivity index (χ2v) is 13.3. The number of hydrogen-bond acceptors (Lipinski definition) is 12. The van der Waals surface area contributed by atoms with Crippen molar-refractivity contribution in [3.8, 4) is 0 Å². The summed E-state index contributed by atoms with van der Waals surface area (Å²) in [6.07, 6.45) is 0.838. The maximum absolute atomic E-state index is 13.5. The van der Waals surface area contributed by atoms with Crippen LogP contribution in [-0.2, 0) is 49.5 Å². The predicted octanol–water partition coefficient (Wildman–Crippen LogP) is 2.83. The molecule has 308 valence electrons. The molecule has 2 unspecified atom stereocenters. The third-order valence-electron chi connectivity index (χ3n) is 9.43. The van der Waals surface area contributed by atoms with Crippen molar-refractivity contribution >= 4 is 35.3 Å². The fourth-order valence-corrected chi connectivity index (χ4v) is 5.90. The molecule has 3 atom stereocenters. The van der Waals surface area contributed by atoms with E-state index >= 15 is 0 Å². The van der Waals surface area contributed by atoms with E-state index in [1.54, 1.807) is 11.9 Å². The summed E-state index contributed by atoms with van der Waals surface area (Å²) in [5, 5.41) is 15.6. The van der Waals surface area contributed by atoms with Crippen molar-refractivity contribution in [2.75, 3.05) is 84.9 Å². The van der Waals surface area contributed by atoms with Crippen molar-refractivity contribution in [3.63, 3.8) is 0 Å². The highest BCUT2D eigenvalue weighted by Gasteiger charge is 2.32. The average molecular weight is 784 g/mol. The molecule has 2 aromatic rings. The number of carbonyl (C=O) groups is 5. The molecule has 17 heteroatoms. The molecule has 1 heterocycles. The first-order chi connectivity index (χ1) is 27.0. The zero-order valence-electron chi connectivity index (χ0n) is 32.7. The highest BCUT2D eigenvalue weighted by Crippen LogP contribution is 2.40. The van der Waals surface area contributed by atoms with Crippen LogP contribution in [0.4, 0.5) is 5.69 Å². The van der Waals surface area contributed by atoms with E-state index in [9.17, 15) is 24.0 Å². The molecule has 0 fully saturated rings. The van der Waals surface area contributed by atoms with Gasteiger partial charge in [0, 0.05) is 64.1 Å². The number of anilines is 1. The Kier molecular flexibility index (Phi) is 20.1. The zero-order chi connectivity index (χ0) is 40.9. The monoisotopic (exact) mass is 783 g/mol. The number of likely N-dealkylation sites (N-methyl/N-ethyl adjacent to an activating group) is 2. The number of benzene rings is 2. The van der Waals surface area contributed by atoms with Crippen molar-refractivity contribution in [1.82, 2.24) is 15.1 Å². The van der Waals surface area contributed by atoms with E-state index in [2.05, 4.69) is 10.4 Å². The summed E-state index contributed by atoms with van der Waals surface area (Å²) in [5.74, 6) is -1.92. The van der Waals surface area contributed by atoms with Gasteiger partial charge in [-0.15, -0.1) is 0 Å². The van der Waals surface area contributed by atoms with Crippen molar-refractivity contribution in [2.24, 2.45) is 10.8 Å². The number of rotatable bonds is 25. The van der Waals surface area contributed by atoms with Gasteiger partial charge in [0.2, 0.25) is 23.6 Å². The molecule has 3 rings (SSSR count). The Balaban J connectivity index is 1.18. The molecule has 0 saturated carbocycles. The molecule has 0 aliphatic carbocycles. The minimum Gasteiger partial charge on any atom is -0.480 e. The molecule has 1 aliphatic rings. The molecular formula is C39H57N7O10. The summed E-state index contributed by atoms with van der Waals surface area (Å²) in [6.45, 7) is 4.92. The molecule has 56 heavy (non-hydrogen) atoms. The summed E-state index contributed by atoms with van der Waals surface area (Å²) in [7, 11) is 3.09. The SMILES string of the molecule is C[C@@H](C(=O)O)N(C)C(=O)CCCC(=O)N(C)CCOCCOCCOCCOCCC(=O)NCCC(=O)N1Cc2ccccc2C(N)C(N=N)c2ccccc21. The lowest BCUT2D eigenvalue weighted by atomic mass is 9.88. The number of carboxylic acids is 1. The van der Waals surface area contributed by atoms with Crippen molar-refractivity contribution < 1.29 is 48.0 Å². The molecule has 0 aromatic heterocycles. The number of hydrogen-bond donors (Lipinski definition) is 4. The fourth-order valence-electron chi connectivity index (χ4n) is 5.90. The second kappa shape index (κ2) is 24.7. The largest absolute Gasteiger partial charge is 0.480 e. The molecule has 1 aliphatic heterocycles. The van der Waals surface area contributed by atoms with Crippen LogP contribution in [0.15, 0.2) is 53.6 Å². The van der Waals surface area contributed by atoms with Crippen LogP contribution >= 0.6 is 0 Å². The van der Waals surface area contributed by atoms with E-state index in [4.69, 9.17) is 35.3 Å². The molecule has 0 saturated heterocycles. The van der Waals surface area contributed by atoms with Crippen LogP contribution in [0.2, 0.25) is 0 Å². The number of fused-ring (bicyclic) bond motifs is 2. The van der Waals surface area contributed by atoms with Gasteiger partial charge in [-0.1, -0.05) is 42.5 Å². The standard InChI is InChI=1S/C39H57N7O10/c1-28(39(51)52)45(3)35(49)14-8-13-34(48)44(2)18-20-54-22-24-56-26-25-55-23-21-53-19-16-33(47)42-17-15-36(50)46-27-29-9-4-5-10-30(29)37(40)38(43-41)31-11-6-7-12-32(31)46/h4-7,9-12,28,37-38,41H,8,13-27,40H2,1-3H3,(H,42,47)(H,51,52)/t28-,37?,38?/m0/s1. The van der Waals surface area contributed by atoms with Gasteiger partial charge >= 0.3 is 5.97 Å². The van der Waals surface area contributed by atoms with E-state index in [0.29, 0.717) is 77.0 Å². The van der Waals surface area contributed by atoms with Crippen LogP contribution in [-0.4, -0.2) is 131 Å². The number of carbonyl (C=O) groups excluding carboxylic acids is 4. The Morgan fingerprint density at radius 2 is 1.41 bits per heavy atom. The van der Waals surface area contributed by atoms with Gasteiger partial charge in [0.1, 0.15) is 12.1 Å². The third kappa shape index (κ3) is 14.7. The normalized spacial score (nSPS) is 15.4. The van der Waals surface area contributed by atoms with E-state index in [-0.39, 0.29) is 62.5 Å². The highest BCUT2D eigenvalue weighted by atomic mass is 16.6. The Morgan fingerprint density at radius 1 is 0.839 bits per heavy atom. The topological polar surface area (TPSA) is 226 Å². The van der Waals surface area contributed by atoms with Gasteiger partial charge < -0.3 is 49.8 Å². The number of nitrogens with one attached hydrogen (secondary N) is 2. The van der Waals surface area contributed by atoms with Crippen LogP contribution in [0, 0.1) is 5.53 Å². The second-order valence-electron chi connectivity index (χ2n) is 13.3. The maximum atomic E-state index is 13.5. The first-order valence-corrected chi connectivity index (χ1v) is 18.9. The van der Waals surface area contributed by atoms with Gasteiger partial charge in [-0.2, -0.15) is 5.11 Å². The van der Waals surface area contributed by atoms with E-state index in [1.165, 1.54) is 18.9 Å². The molecule has 17 nitrogen and oxygen atoms in total. The van der Waals surface area contributed by atoms with E-state index in [1.807, 2.05) is 48.5 Å². The van der Waals surface area contributed by atoms with Crippen molar-refractivity contribution in [1.29, 1.82) is 5.53 Å². The quantitative estimate of drug-likeness (QED) is 0.0846. The van der Waals surface area contributed by atoms with Gasteiger partial charge in [0.15, 0.2) is 0 Å². The summed E-state index contributed by atoms with van der Waals surface area (Å²) < 4.78 is 22.0. The van der Waals surface area contributed by atoms with Crippen molar-refractivity contribution in [2.45, 2.75) is 63.7 Å². The van der Waals surface area contributed by atoms with Gasteiger partial charge in [0.25, 0.3) is 0 Å². The summed E-state index contributed by atoms with van der Waals surface area (Å²) in [4.78, 5) is 65.6. The minimum atomic E-state index is -1.08. The first kappa shape index (κ1) is 45.6. The zero-order valence-corrected chi connectivity index (χ0v) is 32.7. The number of nitrogens with zero attached hydrogens (tertiary/aromatic N) is 4. The molecule has 2 aromatic carbocycles. The molecule has 5 N–H and O–H groups in total. The smallest absolute Gasteiger partial charge is 0.326 e. The number of aliphatic carboxylic acids is 1. The molecule has 0 spiro atoms. The lowest BCUT2D eigenvalue weighted by Crippen LogP contribution is -2.40. The molecule has 4 amide bonds. The predicted molar refractivity (Wildman–Crippen MR) is 206 cm³/mol. The number of ether oxygens (including phenoxy) is 4. The first-order valence-electron chi connectivity index (χ1n) is 18.9. The van der Waals surface area contributed by atoms with Crippen LogP contribution < -0.4 is 16.0 Å². The average Bonchev–Trinajstić information content (AvgIpc) is 3.19. The summed E-state index contributed by atoms with van der Waals surface area (Å²) in [6, 6.07) is 12.9. The maximum Gasteiger partial charge on any atom is 0.326 e. The van der Waals surface area contributed by atoms with Crippen LogP contribution in [0.1, 0.15) is 67.8 Å². The molecular weight excluding hydrogens is 726 g/mol. The Morgan fingerprint density at radius 3 is 2.05 bits per heavy atom. The Bertz CT molecular complexity index is 1590. The van der Waals surface area contributed by atoms with Gasteiger partial charge in [-0.05, 0) is 30.5 Å². The minimum absolute atomic E-state index is 0.0853. The van der Waals surface area contributed by atoms with E-state index in [0.717, 1.165) is 16.0 Å². The number of para-hydroxylation sites is 1. The highest BCUT2D eigenvalue weighted by molar-refractivity contribution is 5.95. The number of carboxylic acid groups (broad SMARTS) is 1. The number of nitrogens with two attached hydrogens (primary N) is 1. The summed E-state index contributed by atoms with van der Waals surface area (Å²) in [5.41, 5.74) is 17.5. The van der Waals surface area contributed by atoms with Crippen molar-refractivity contribution in [3.05, 3.63) is 65.2 Å². The lowest BCUT2D eigenvalue weighted by Gasteiger charge is -2.33. The molecule has 0 bridgehead atoms. The van der Waals surface area contributed by atoms with Gasteiger partial charge in [-0.3, -0.25) is 19.2 Å². The lowest BCUT2D eigenvalue weighted by molar-refractivity contribution is -0.148. The molecule has 0 radical (unpaired) electrons. The van der Waals surface area contributed by atoms with Gasteiger partial charge in [0.05, 0.1) is 65.4 Å². The fraction of sp³-hybridized carbons (Fsp3) is 0.564. The summed E-state index contributed by atoms with van der Waals surface area (Å²) >= 11 is 0. The number of amides is 4. The van der Waals surface area contributed by atoms with Crippen LogP contribution in [0.3, 0.4) is 0 Å². The Hall–Kier alpha value is -4.81. The Labute approximate surface area is 328 Å². The van der Waals surface area contributed by atoms with Crippen LogP contribution in [0.5, 0.6) is 0 Å². The van der Waals surface area contributed by atoms with Crippen LogP contribution in [0.25, 0.3) is 0 Å². The van der Waals surface area contributed by atoms with Gasteiger partial charge in [-0.25, -0.2) is 10.3 Å². The third-order valence-corrected chi connectivity index (χ3v) is 9.43. The van der Waals surface area contributed by atoms with E-state index < -0.39 is 24.1 Å².